The molecule has 1 saturated heterocycles. The zero-order valence-electron chi connectivity index (χ0n) is 11.1. The molecular weight excluding hydrogens is 234 g/mol. The van der Waals surface area contributed by atoms with Crippen molar-refractivity contribution in [3.05, 3.63) is 0 Å². The van der Waals surface area contributed by atoms with Crippen molar-refractivity contribution >= 4 is 11.8 Å². The van der Waals surface area contributed by atoms with Gasteiger partial charge in [-0.1, -0.05) is 13.8 Å². The molecule has 0 aliphatic carbocycles. The van der Waals surface area contributed by atoms with Gasteiger partial charge in [-0.3, -0.25) is 9.59 Å². The summed E-state index contributed by atoms with van der Waals surface area (Å²) in [5.74, 6) is -0.644. The van der Waals surface area contributed by atoms with Gasteiger partial charge in [-0.2, -0.15) is 0 Å². The number of carbonyl (C=O) groups excluding carboxylic acids is 2. The summed E-state index contributed by atoms with van der Waals surface area (Å²) in [6.45, 7) is 5.63. The van der Waals surface area contributed by atoms with Gasteiger partial charge in [0.05, 0.1) is 13.2 Å². The molecule has 1 fully saturated rings. The Balaban J connectivity index is 2.53. The van der Waals surface area contributed by atoms with Crippen molar-refractivity contribution in [2.24, 2.45) is 5.73 Å². The van der Waals surface area contributed by atoms with Crippen LogP contribution in [0.1, 0.15) is 33.1 Å². The van der Waals surface area contributed by atoms with Crippen LogP contribution in [0.4, 0.5) is 0 Å². The average molecular weight is 257 g/mol. The summed E-state index contributed by atoms with van der Waals surface area (Å²) < 4.78 is 5.28. The second-order valence-electron chi connectivity index (χ2n) is 4.63. The predicted molar refractivity (Wildman–Crippen MR) is 67.9 cm³/mol. The highest BCUT2D eigenvalue weighted by atomic mass is 16.5. The van der Waals surface area contributed by atoms with Gasteiger partial charge in [-0.25, -0.2) is 0 Å². The van der Waals surface area contributed by atoms with E-state index in [2.05, 4.69) is 10.6 Å². The Labute approximate surface area is 108 Å². The fourth-order valence-electron chi connectivity index (χ4n) is 2.13. The molecule has 6 nitrogen and oxygen atoms in total. The lowest BCUT2D eigenvalue weighted by molar-refractivity contribution is -0.132. The molecule has 6 heteroatoms. The van der Waals surface area contributed by atoms with E-state index in [0.29, 0.717) is 32.5 Å². The molecule has 0 bridgehead atoms. The molecule has 0 aromatic carbocycles. The number of nitrogens with two attached hydrogens (primary N) is 1. The molecule has 18 heavy (non-hydrogen) atoms. The zero-order valence-corrected chi connectivity index (χ0v) is 11.1. The number of hydrogen-bond acceptors (Lipinski definition) is 4. The fourth-order valence-corrected chi connectivity index (χ4v) is 2.13. The number of nitrogens with one attached hydrogen (secondary N) is 2. The normalized spacial score (nSPS) is 20.4. The van der Waals surface area contributed by atoms with Gasteiger partial charge < -0.3 is 21.1 Å². The molecule has 0 saturated carbocycles. The van der Waals surface area contributed by atoms with Crippen LogP contribution < -0.4 is 16.4 Å². The van der Waals surface area contributed by atoms with Crippen molar-refractivity contribution in [1.82, 2.24) is 10.6 Å². The van der Waals surface area contributed by atoms with Gasteiger partial charge in [0.15, 0.2) is 0 Å². The van der Waals surface area contributed by atoms with Crippen molar-refractivity contribution in [3.63, 3.8) is 0 Å². The highest BCUT2D eigenvalue weighted by Crippen LogP contribution is 2.15. The smallest absolute Gasteiger partial charge is 0.243 e. The van der Waals surface area contributed by atoms with E-state index in [1.807, 2.05) is 13.8 Å². The molecule has 1 atom stereocenters. The maximum Gasteiger partial charge on any atom is 0.243 e. The van der Waals surface area contributed by atoms with Gasteiger partial charge >= 0.3 is 0 Å². The molecule has 1 aliphatic rings. The quantitative estimate of drug-likeness (QED) is 0.599. The molecule has 2 amide bonds. The lowest BCUT2D eigenvalue weighted by Gasteiger charge is -2.31. The third-order valence-corrected chi connectivity index (χ3v) is 3.49. The second kappa shape index (κ2) is 6.70. The first kappa shape index (κ1) is 14.9. The lowest BCUT2D eigenvalue weighted by atomic mass is 9.91. The Morgan fingerprint density at radius 1 is 1.44 bits per heavy atom. The van der Waals surface area contributed by atoms with Crippen LogP contribution in [-0.4, -0.2) is 43.2 Å². The Bertz CT molecular complexity index is 297. The maximum atomic E-state index is 11.9. The highest BCUT2D eigenvalue weighted by molar-refractivity contribution is 5.90. The zero-order chi connectivity index (χ0) is 13.6. The molecule has 4 N–H and O–H groups in total. The topological polar surface area (TPSA) is 93.4 Å². The van der Waals surface area contributed by atoms with Crippen LogP contribution in [0.15, 0.2) is 0 Å². The predicted octanol–water partition coefficient (Wildman–Crippen LogP) is -0.475. The van der Waals surface area contributed by atoms with E-state index in [1.54, 1.807) is 0 Å². The van der Waals surface area contributed by atoms with Gasteiger partial charge in [0.1, 0.15) is 5.54 Å². The van der Waals surface area contributed by atoms with Crippen molar-refractivity contribution in [2.75, 3.05) is 19.8 Å². The van der Waals surface area contributed by atoms with Crippen LogP contribution in [0.5, 0.6) is 0 Å². The van der Waals surface area contributed by atoms with Crippen LogP contribution in [0.3, 0.4) is 0 Å². The molecule has 0 spiro atoms. The maximum absolute atomic E-state index is 11.9. The largest absolute Gasteiger partial charge is 0.378 e. The van der Waals surface area contributed by atoms with E-state index < -0.39 is 11.4 Å². The van der Waals surface area contributed by atoms with Crippen molar-refractivity contribution in [1.29, 1.82) is 0 Å². The van der Waals surface area contributed by atoms with Gasteiger partial charge in [0.25, 0.3) is 0 Å². The summed E-state index contributed by atoms with van der Waals surface area (Å²) in [5.41, 5.74) is 4.46. The molecule has 104 valence electrons. The molecule has 1 heterocycles. The summed E-state index contributed by atoms with van der Waals surface area (Å²) in [5, 5.41) is 5.97. The fraction of sp³-hybridized carbons (Fsp3) is 0.833. The van der Waals surface area contributed by atoms with Crippen molar-refractivity contribution in [3.8, 4) is 0 Å². The van der Waals surface area contributed by atoms with Crippen LogP contribution in [0.2, 0.25) is 0 Å². The first-order valence-corrected chi connectivity index (χ1v) is 6.46. The number of rotatable bonds is 6. The minimum atomic E-state index is -0.924. The van der Waals surface area contributed by atoms with E-state index in [1.165, 1.54) is 0 Å². The average Bonchev–Trinajstić information content (AvgIpc) is 2.37. The van der Waals surface area contributed by atoms with Gasteiger partial charge in [-0.05, 0) is 12.8 Å². The summed E-state index contributed by atoms with van der Waals surface area (Å²) in [6, 6.07) is 0.0121. The third-order valence-electron chi connectivity index (χ3n) is 3.49. The molecule has 1 rings (SSSR count). The van der Waals surface area contributed by atoms with Gasteiger partial charge in [0.2, 0.25) is 11.8 Å². The van der Waals surface area contributed by atoms with Crippen LogP contribution in [0.25, 0.3) is 0 Å². The lowest BCUT2D eigenvalue weighted by Crippen LogP contribution is -2.57. The van der Waals surface area contributed by atoms with E-state index in [0.717, 1.165) is 6.54 Å². The summed E-state index contributed by atoms with van der Waals surface area (Å²) in [4.78, 5) is 23.4. The van der Waals surface area contributed by atoms with Crippen molar-refractivity contribution < 1.29 is 14.3 Å². The highest BCUT2D eigenvalue weighted by Gasteiger charge is 2.34. The first-order chi connectivity index (χ1) is 8.54. The first-order valence-electron chi connectivity index (χ1n) is 6.46. The minimum absolute atomic E-state index is 0.0121. The number of ether oxygens (including phenoxy) is 1. The van der Waals surface area contributed by atoms with E-state index >= 15 is 0 Å². The van der Waals surface area contributed by atoms with Crippen molar-refractivity contribution in [2.45, 2.75) is 44.7 Å². The third kappa shape index (κ3) is 3.68. The SMILES string of the molecule is CCC(CC)(NC(=O)CC1COCCN1)C(N)=O. The number of primary amides is 1. The van der Waals surface area contributed by atoms with Crippen LogP contribution in [0, 0.1) is 0 Å². The Hall–Kier alpha value is -1.14. The summed E-state index contributed by atoms with van der Waals surface area (Å²) >= 11 is 0. The molecule has 1 unspecified atom stereocenters. The van der Waals surface area contributed by atoms with Crippen LogP contribution in [-0.2, 0) is 14.3 Å². The molecule has 0 aromatic heterocycles. The molecule has 0 aromatic rings. The standard InChI is InChI=1S/C12H23N3O3/c1-3-12(4-2,11(13)17)15-10(16)7-9-8-18-6-5-14-9/h9,14H,3-8H2,1-2H3,(H2,13,17)(H,15,16). The summed E-state index contributed by atoms with van der Waals surface area (Å²) in [7, 11) is 0. The number of morpholine rings is 1. The minimum Gasteiger partial charge on any atom is -0.378 e. The Kier molecular flexibility index (Phi) is 5.55. The Morgan fingerprint density at radius 3 is 2.56 bits per heavy atom. The molecule has 0 radical (unpaired) electrons. The van der Waals surface area contributed by atoms with E-state index in [4.69, 9.17) is 10.5 Å². The monoisotopic (exact) mass is 257 g/mol. The van der Waals surface area contributed by atoms with Gasteiger partial charge in [-0.15, -0.1) is 0 Å². The van der Waals surface area contributed by atoms with Gasteiger partial charge in [0, 0.05) is 19.0 Å². The molecule has 1 aliphatic heterocycles. The molecular formula is C12H23N3O3. The Morgan fingerprint density at radius 2 is 2.11 bits per heavy atom. The van der Waals surface area contributed by atoms with Crippen LogP contribution >= 0.6 is 0 Å². The van der Waals surface area contributed by atoms with E-state index in [9.17, 15) is 9.59 Å². The van der Waals surface area contributed by atoms with E-state index in [-0.39, 0.29) is 11.9 Å². The number of carbonyl (C=O) groups is 2. The summed E-state index contributed by atoms with van der Waals surface area (Å²) in [6.07, 6.45) is 1.30. The number of hydrogen-bond donors (Lipinski definition) is 3. The second-order valence-corrected chi connectivity index (χ2v) is 4.63. The number of amides is 2.